The molecule has 1 aromatic rings. The summed E-state index contributed by atoms with van der Waals surface area (Å²) < 4.78 is 6.04. The summed E-state index contributed by atoms with van der Waals surface area (Å²) in [5.41, 5.74) is 1.44. The van der Waals surface area contributed by atoms with Gasteiger partial charge < -0.3 is 10.1 Å². The summed E-state index contributed by atoms with van der Waals surface area (Å²) in [6.45, 7) is 3.36. The highest BCUT2D eigenvalue weighted by Crippen LogP contribution is 2.41. The number of ether oxygens (including phenoxy) is 1. The number of benzene rings is 1. The van der Waals surface area contributed by atoms with Crippen molar-refractivity contribution in [2.75, 3.05) is 6.54 Å². The molecule has 0 aromatic heterocycles. The highest BCUT2D eigenvalue weighted by molar-refractivity contribution is 5.16. The maximum Gasteiger partial charge on any atom is 0.0623 e. The van der Waals surface area contributed by atoms with Gasteiger partial charge in [-0.15, -0.1) is 0 Å². The molecule has 2 aliphatic rings. The molecule has 0 saturated carbocycles. The van der Waals surface area contributed by atoms with Crippen LogP contribution in [-0.2, 0) is 11.2 Å². The molecular weight excluding hydrogens is 234 g/mol. The third-order valence-corrected chi connectivity index (χ3v) is 4.62. The van der Waals surface area contributed by atoms with Crippen molar-refractivity contribution in [2.45, 2.75) is 57.3 Å². The smallest absolute Gasteiger partial charge is 0.0623 e. The van der Waals surface area contributed by atoms with E-state index in [9.17, 15) is 0 Å². The molecule has 4 atom stereocenters. The first-order chi connectivity index (χ1) is 9.36. The van der Waals surface area contributed by atoms with Gasteiger partial charge in [0.05, 0.1) is 12.2 Å². The van der Waals surface area contributed by atoms with Gasteiger partial charge >= 0.3 is 0 Å². The molecule has 2 saturated heterocycles. The lowest BCUT2D eigenvalue weighted by atomic mass is 9.81. The number of rotatable bonds is 6. The van der Waals surface area contributed by atoms with E-state index in [0.717, 1.165) is 13.0 Å². The molecule has 2 heteroatoms. The molecule has 4 unspecified atom stereocenters. The molecule has 2 fully saturated rings. The van der Waals surface area contributed by atoms with Gasteiger partial charge in [-0.2, -0.15) is 0 Å². The Labute approximate surface area is 116 Å². The summed E-state index contributed by atoms with van der Waals surface area (Å²) in [6, 6.07) is 11.5. The van der Waals surface area contributed by atoms with Crippen molar-refractivity contribution in [1.29, 1.82) is 0 Å². The van der Waals surface area contributed by atoms with Crippen molar-refractivity contribution in [3.8, 4) is 0 Å². The van der Waals surface area contributed by atoms with E-state index in [-0.39, 0.29) is 0 Å². The summed E-state index contributed by atoms with van der Waals surface area (Å²) in [5, 5.41) is 3.76. The Morgan fingerprint density at radius 3 is 2.74 bits per heavy atom. The highest BCUT2D eigenvalue weighted by atomic mass is 16.5. The zero-order valence-corrected chi connectivity index (χ0v) is 11.8. The fourth-order valence-corrected chi connectivity index (χ4v) is 3.67. The van der Waals surface area contributed by atoms with Crippen LogP contribution in [0.3, 0.4) is 0 Å². The summed E-state index contributed by atoms with van der Waals surface area (Å²) in [6.07, 6.45) is 7.23. The summed E-state index contributed by atoms with van der Waals surface area (Å²) in [5.74, 6) is 0.713. The molecule has 0 spiro atoms. The van der Waals surface area contributed by atoms with E-state index in [2.05, 4.69) is 42.6 Å². The molecule has 1 N–H and O–H groups in total. The molecule has 0 aliphatic carbocycles. The fraction of sp³-hybridized carbons (Fsp3) is 0.647. The van der Waals surface area contributed by atoms with E-state index in [1.165, 1.54) is 31.2 Å². The normalized spacial score (nSPS) is 30.7. The minimum Gasteiger partial charge on any atom is -0.375 e. The second-order valence-corrected chi connectivity index (χ2v) is 6.02. The van der Waals surface area contributed by atoms with Crippen molar-refractivity contribution < 1.29 is 4.74 Å². The van der Waals surface area contributed by atoms with Crippen LogP contribution < -0.4 is 5.32 Å². The molecule has 3 rings (SSSR count). The third-order valence-electron chi connectivity index (χ3n) is 4.62. The second-order valence-electron chi connectivity index (χ2n) is 6.02. The largest absolute Gasteiger partial charge is 0.375 e. The maximum absolute atomic E-state index is 6.04. The molecule has 0 amide bonds. The predicted molar refractivity (Wildman–Crippen MR) is 78.2 cm³/mol. The monoisotopic (exact) mass is 259 g/mol. The van der Waals surface area contributed by atoms with E-state index < -0.39 is 0 Å². The molecule has 2 aliphatic heterocycles. The van der Waals surface area contributed by atoms with Crippen molar-refractivity contribution >= 4 is 0 Å². The highest BCUT2D eigenvalue weighted by Gasteiger charge is 2.43. The van der Waals surface area contributed by atoms with Crippen LogP contribution in [0.25, 0.3) is 0 Å². The van der Waals surface area contributed by atoms with E-state index in [1.807, 2.05) is 0 Å². The van der Waals surface area contributed by atoms with Gasteiger partial charge in [-0.25, -0.2) is 0 Å². The van der Waals surface area contributed by atoms with E-state index in [4.69, 9.17) is 4.74 Å². The molecule has 104 valence electrons. The molecule has 1 aromatic carbocycles. The van der Waals surface area contributed by atoms with Gasteiger partial charge in [0, 0.05) is 12.0 Å². The van der Waals surface area contributed by atoms with E-state index >= 15 is 0 Å². The van der Waals surface area contributed by atoms with Gasteiger partial charge in [-0.1, -0.05) is 37.3 Å². The van der Waals surface area contributed by atoms with Crippen LogP contribution in [0.4, 0.5) is 0 Å². The number of fused-ring (bicyclic) bond motifs is 2. The lowest BCUT2D eigenvalue weighted by Crippen LogP contribution is -2.42. The Kier molecular flexibility index (Phi) is 4.19. The molecular formula is C17H25NO. The Balaban J connectivity index is 1.67. The molecule has 2 bridgehead atoms. The van der Waals surface area contributed by atoms with E-state index in [0.29, 0.717) is 24.2 Å². The van der Waals surface area contributed by atoms with Crippen molar-refractivity contribution in [3.63, 3.8) is 0 Å². The number of nitrogens with one attached hydrogen (secondary N) is 1. The quantitative estimate of drug-likeness (QED) is 0.847. The van der Waals surface area contributed by atoms with Crippen LogP contribution in [0, 0.1) is 5.92 Å². The fourth-order valence-electron chi connectivity index (χ4n) is 3.67. The average molecular weight is 259 g/mol. The first-order valence-electron chi connectivity index (χ1n) is 7.79. The Morgan fingerprint density at radius 2 is 2.11 bits per heavy atom. The zero-order valence-electron chi connectivity index (χ0n) is 11.8. The summed E-state index contributed by atoms with van der Waals surface area (Å²) in [7, 11) is 0. The van der Waals surface area contributed by atoms with Gasteiger partial charge in [-0.3, -0.25) is 0 Å². The Hall–Kier alpha value is -0.860. The van der Waals surface area contributed by atoms with Crippen LogP contribution in [-0.4, -0.2) is 24.8 Å². The summed E-state index contributed by atoms with van der Waals surface area (Å²) >= 11 is 0. The second kappa shape index (κ2) is 6.06. The Bertz CT molecular complexity index is 392. The first-order valence-corrected chi connectivity index (χ1v) is 7.79. The topological polar surface area (TPSA) is 21.3 Å². The molecule has 0 radical (unpaired) electrons. The molecule has 2 nitrogen and oxygen atoms in total. The standard InChI is InChI=1S/C17H25NO/c1-2-10-18-16(11-13-6-4-3-5-7-13)15-12-14-8-9-17(15)19-14/h3-7,14-18H,2,8-12H2,1H3. The van der Waals surface area contributed by atoms with Gasteiger partial charge in [0.15, 0.2) is 0 Å². The average Bonchev–Trinajstić information content (AvgIpc) is 3.07. The van der Waals surface area contributed by atoms with Crippen LogP contribution in [0.2, 0.25) is 0 Å². The molecule has 2 heterocycles. The minimum absolute atomic E-state index is 0.517. The first kappa shape index (κ1) is 13.1. The number of hydrogen-bond acceptors (Lipinski definition) is 2. The van der Waals surface area contributed by atoms with Gasteiger partial charge in [0.1, 0.15) is 0 Å². The lowest BCUT2D eigenvalue weighted by molar-refractivity contribution is 0.0857. The van der Waals surface area contributed by atoms with Gasteiger partial charge in [0.2, 0.25) is 0 Å². The maximum atomic E-state index is 6.04. The van der Waals surface area contributed by atoms with Crippen molar-refractivity contribution in [3.05, 3.63) is 35.9 Å². The third kappa shape index (κ3) is 3.01. The lowest BCUT2D eigenvalue weighted by Gasteiger charge is -2.29. The SMILES string of the molecule is CCCNC(Cc1ccccc1)C1CC2CCC1O2. The minimum atomic E-state index is 0.517. The van der Waals surface area contributed by atoms with E-state index in [1.54, 1.807) is 0 Å². The summed E-state index contributed by atoms with van der Waals surface area (Å²) in [4.78, 5) is 0. The van der Waals surface area contributed by atoms with Crippen molar-refractivity contribution in [1.82, 2.24) is 5.32 Å². The Morgan fingerprint density at radius 1 is 1.26 bits per heavy atom. The van der Waals surface area contributed by atoms with Gasteiger partial charge in [0.25, 0.3) is 0 Å². The van der Waals surface area contributed by atoms with Gasteiger partial charge in [-0.05, 0) is 44.2 Å². The predicted octanol–water partition coefficient (Wildman–Crippen LogP) is 3.16. The van der Waals surface area contributed by atoms with Crippen LogP contribution >= 0.6 is 0 Å². The molecule has 19 heavy (non-hydrogen) atoms. The van der Waals surface area contributed by atoms with Crippen LogP contribution in [0.1, 0.15) is 38.2 Å². The van der Waals surface area contributed by atoms with Crippen LogP contribution in [0.5, 0.6) is 0 Å². The zero-order chi connectivity index (χ0) is 13.1. The van der Waals surface area contributed by atoms with Crippen LogP contribution in [0.15, 0.2) is 30.3 Å². The number of hydrogen-bond donors (Lipinski definition) is 1. The van der Waals surface area contributed by atoms with Crippen molar-refractivity contribution in [2.24, 2.45) is 5.92 Å².